The van der Waals surface area contributed by atoms with Gasteiger partial charge in [0.2, 0.25) is 0 Å². The minimum Gasteiger partial charge on any atom is -0.321 e. The van der Waals surface area contributed by atoms with Crippen LogP contribution in [0.4, 0.5) is 0 Å². The summed E-state index contributed by atoms with van der Waals surface area (Å²) in [5, 5.41) is 13.9. The number of amidine groups is 1. The first kappa shape index (κ1) is 22.2. The number of amides is 3. The third-order valence-electron chi connectivity index (χ3n) is 4.32. The Hall–Kier alpha value is -4.07. The summed E-state index contributed by atoms with van der Waals surface area (Å²) in [7, 11) is 1.21. The van der Waals surface area contributed by atoms with Crippen molar-refractivity contribution in [3.8, 4) is 0 Å². The standard InChI is InChI=1S/C16H19N7O7/c1-3-22(18)13(19-17)6-21-15(26)11-4-9(7-24)10(5-12(11)16(21)27)14(25)20(2)8-30-23(28)29/h4-5,7H,3,6,8,17-18H2,1-2H3/b19-13-. The Morgan fingerprint density at radius 3 is 2.43 bits per heavy atom. The van der Waals surface area contributed by atoms with Gasteiger partial charge in [0.15, 0.2) is 18.9 Å². The Bertz CT molecular complexity index is 946. The number of hydrazine groups is 1. The molecule has 3 amide bonds. The summed E-state index contributed by atoms with van der Waals surface area (Å²) < 4.78 is 0. The van der Waals surface area contributed by atoms with E-state index in [4.69, 9.17) is 11.7 Å². The van der Waals surface area contributed by atoms with Crippen LogP contribution in [0.3, 0.4) is 0 Å². The van der Waals surface area contributed by atoms with Crippen LogP contribution in [0, 0.1) is 10.1 Å². The van der Waals surface area contributed by atoms with Gasteiger partial charge in [0, 0.05) is 19.2 Å². The number of benzene rings is 1. The van der Waals surface area contributed by atoms with Gasteiger partial charge in [-0.3, -0.25) is 33.9 Å². The van der Waals surface area contributed by atoms with Gasteiger partial charge in [0.05, 0.1) is 23.2 Å². The molecule has 0 bridgehead atoms. The maximum absolute atomic E-state index is 12.8. The van der Waals surface area contributed by atoms with Gasteiger partial charge in [-0.05, 0) is 19.1 Å². The number of nitrogens with zero attached hydrogens (tertiary/aromatic N) is 5. The monoisotopic (exact) mass is 421 g/mol. The van der Waals surface area contributed by atoms with Crippen molar-refractivity contribution in [2.24, 2.45) is 16.8 Å². The maximum Gasteiger partial charge on any atom is 0.296 e. The van der Waals surface area contributed by atoms with E-state index in [1.165, 1.54) is 7.05 Å². The molecule has 0 fully saturated rings. The number of carbonyl (C=O) groups excluding carboxylic acids is 4. The van der Waals surface area contributed by atoms with E-state index in [9.17, 15) is 29.3 Å². The fourth-order valence-corrected chi connectivity index (χ4v) is 2.71. The summed E-state index contributed by atoms with van der Waals surface area (Å²) >= 11 is 0. The molecule has 1 aliphatic rings. The summed E-state index contributed by atoms with van der Waals surface area (Å²) in [5.74, 6) is 8.78. The Balaban J connectivity index is 2.39. The van der Waals surface area contributed by atoms with Crippen LogP contribution in [-0.4, -0.2) is 76.6 Å². The zero-order chi connectivity index (χ0) is 22.6. The van der Waals surface area contributed by atoms with Crippen molar-refractivity contribution in [2.75, 3.05) is 26.9 Å². The molecule has 0 radical (unpaired) electrons. The average molecular weight is 421 g/mol. The van der Waals surface area contributed by atoms with E-state index < -0.39 is 29.5 Å². The lowest BCUT2D eigenvalue weighted by atomic mass is 9.99. The second kappa shape index (κ2) is 8.95. The summed E-state index contributed by atoms with van der Waals surface area (Å²) in [5.41, 5.74) is -0.590. The smallest absolute Gasteiger partial charge is 0.296 e. The number of rotatable bonds is 8. The average Bonchev–Trinajstić information content (AvgIpc) is 2.97. The van der Waals surface area contributed by atoms with Crippen LogP contribution in [-0.2, 0) is 4.84 Å². The van der Waals surface area contributed by atoms with Crippen LogP contribution in [0.15, 0.2) is 17.2 Å². The number of hydrogen-bond donors (Lipinski definition) is 2. The quantitative estimate of drug-likeness (QED) is 0.0752. The highest BCUT2D eigenvalue weighted by Crippen LogP contribution is 2.26. The van der Waals surface area contributed by atoms with Crippen LogP contribution in [0.5, 0.6) is 0 Å². The third-order valence-corrected chi connectivity index (χ3v) is 4.32. The van der Waals surface area contributed by atoms with Crippen molar-refractivity contribution in [3.63, 3.8) is 0 Å². The van der Waals surface area contributed by atoms with Crippen LogP contribution in [0.25, 0.3) is 0 Å². The van der Waals surface area contributed by atoms with E-state index in [0.29, 0.717) is 12.8 Å². The van der Waals surface area contributed by atoms with Gasteiger partial charge < -0.3 is 10.7 Å². The minimum absolute atomic E-state index is 0.0654. The number of fused-ring (bicyclic) bond motifs is 1. The normalized spacial score (nSPS) is 13.2. The van der Waals surface area contributed by atoms with Gasteiger partial charge in [0.1, 0.15) is 0 Å². The summed E-state index contributed by atoms with van der Waals surface area (Å²) in [4.78, 5) is 65.5. The molecular formula is C16H19N7O7. The molecule has 0 spiro atoms. The molecule has 1 aliphatic heterocycles. The first-order valence-electron chi connectivity index (χ1n) is 8.47. The van der Waals surface area contributed by atoms with Crippen molar-refractivity contribution in [1.82, 2.24) is 14.8 Å². The predicted octanol–water partition coefficient (Wildman–Crippen LogP) is -1.20. The van der Waals surface area contributed by atoms with Crippen molar-refractivity contribution in [3.05, 3.63) is 44.5 Å². The van der Waals surface area contributed by atoms with E-state index in [0.717, 1.165) is 26.9 Å². The van der Waals surface area contributed by atoms with E-state index in [2.05, 4.69) is 9.94 Å². The van der Waals surface area contributed by atoms with E-state index in [1.54, 1.807) is 6.92 Å². The molecule has 0 saturated carbocycles. The third kappa shape index (κ3) is 4.17. The van der Waals surface area contributed by atoms with Crippen LogP contribution >= 0.6 is 0 Å². The highest BCUT2D eigenvalue weighted by molar-refractivity contribution is 6.24. The number of imide groups is 1. The molecule has 0 atom stereocenters. The second-order valence-electron chi connectivity index (χ2n) is 6.12. The molecule has 1 aromatic carbocycles. The number of aldehydes is 1. The lowest BCUT2D eigenvalue weighted by Crippen LogP contribution is -2.46. The zero-order valence-corrected chi connectivity index (χ0v) is 16.1. The first-order valence-corrected chi connectivity index (χ1v) is 8.47. The van der Waals surface area contributed by atoms with Crippen molar-refractivity contribution in [2.45, 2.75) is 6.92 Å². The lowest BCUT2D eigenvalue weighted by molar-refractivity contribution is -0.761. The molecule has 2 rings (SSSR count). The molecule has 14 heteroatoms. The highest BCUT2D eigenvalue weighted by atomic mass is 17.0. The summed E-state index contributed by atoms with van der Waals surface area (Å²) in [6.45, 7) is 1.01. The Morgan fingerprint density at radius 1 is 1.33 bits per heavy atom. The molecule has 1 aromatic rings. The van der Waals surface area contributed by atoms with Gasteiger partial charge in [-0.25, -0.2) is 5.84 Å². The molecule has 14 nitrogen and oxygen atoms in total. The van der Waals surface area contributed by atoms with E-state index in [1.807, 2.05) is 0 Å². The van der Waals surface area contributed by atoms with Gasteiger partial charge in [0.25, 0.3) is 22.8 Å². The summed E-state index contributed by atoms with van der Waals surface area (Å²) in [6.07, 6.45) is 0.335. The first-order chi connectivity index (χ1) is 14.2. The molecular weight excluding hydrogens is 402 g/mol. The largest absolute Gasteiger partial charge is 0.321 e. The van der Waals surface area contributed by atoms with E-state index >= 15 is 0 Å². The predicted molar refractivity (Wildman–Crippen MR) is 100 cm³/mol. The Morgan fingerprint density at radius 2 is 1.93 bits per heavy atom. The number of nitrogens with two attached hydrogens (primary N) is 2. The van der Waals surface area contributed by atoms with Gasteiger partial charge >= 0.3 is 0 Å². The van der Waals surface area contributed by atoms with E-state index in [-0.39, 0.29) is 34.6 Å². The fourth-order valence-electron chi connectivity index (χ4n) is 2.71. The topological polar surface area (TPSA) is 195 Å². The lowest BCUT2D eigenvalue weighted by Gasteiger charge is -2.21. The maximum atomic E-state index is 12.8. The number of carbonyl (C=O) groups is 4. The van der Waals surface area contributed by atoms with Crippen LogP contribution in [0.2, 0.25) is 0 Å². The molecule has 0 aliphatic carbocycles. The summed E-state index contributed by atoms with van der Waals surface area (Å²) in [6, 6.07) is 2.20. The Kier molecular flexibility index (Phi) is 6.63. The highest BCUT2D eigenvalue weighted by Gasteiger charge is 2.38. The number of hydrazone groups is 1. The molecule has 4 N–H and O–H groups in total. The molecule has 160 valence electrons. The number of hydrogen-bond acceptors (Lipinski definition) is 10. The van der Waals surface area contributed by atoms with Gasteiger partial charge in [-0.15, -0.1) is 10.1 Å². The van der Waals surface area contributed by atoms with Crippen LogP contribution < -0.4 is 11.7 Å². The van der Waals surface area contributed by atoms with Crippen LogP contribution in [0.1, 0.15) is 48.4 Å². The molecule has 0 saturated heterocycles. The molecule has 1 heterocycles. The minimum atomic E-state index is -1.08. The molecule has 30 heavy (non-hydrogen) atoms. The SMILES string of the molecule is CCN(N)/C(CN1C(=O)c2cc(C=O)c(C(=O)N(C)CO[N+](=O)[O-])cc2C1=O)=N\N. The fraction of sp³-hybridized carbons (Fsp3) is 0.312. The van der Waals surface area contributed by atoms with Crippen molar-refractivity contribution >= 4 is 29.8 Å². The van der Waals surface area contributed by atoms with Gasteiger partial charge in [-0.2, -0.15) is 5.10 Å². The molecule has 0 aromatic heterocycles. The second-order valence-corrected chi connectivity index (χ2v) is 6.12. The Labute approximate surface area is 169 Å². The number of likely N-dealkylation sites (N-methyl/N-ethyl adjacent to an activating group) is 1. The van der Waals surface area contributed by atoms with Gasteiger partial charge in [-0.1, -0.05) is 0 Å². The molecule has 0 unspecified atom stereocenters. The zero-order valence-electron chi connectivity index (χ0n) is 16.1. The van der Waals surface area contributed by atoms with Crippen molar-refractivity contribution < 1.29 is 29.1 Å². The van der Waals surface area contributed by atoms with Crippen molar-refractivity contribution in [1.29, 1.82) is 0 Å².